The van der Waals surface area contributed by atoms with E-state index in [4.69, 9.17) is 4.84 Å². The van der Waals surface area contributed by atoms with Gasteiger partial charge in [-0.3, -0.25) is 0 Å². The molecule has 1 unspecified atom stereocenters. The summed E-state index contributed by atoms with van der Waals surface area (Å²) < 4.78 is 13.8. The van der Waals surface area contributed by atoms with Gasteiger partial charge in [0.2, 0.25) is 0 Å². The molecule has 0 bridgehead atoms. The monoisotopic (exact) mass is 245 g/mol. The fourth-order valence-corrected chi connectivity index (χ4v) is 1.92. The predicted molar refractivity (Wildman–Crippen MR) is 50.5 cm³/mol. The Labute approximate surface area is 84.2 Å². The third-order valence-corrected chi connectivity index (χ3v) is 2.79. The average molecular weight is 246 g/mol. The Kier molecular flexibility index (Phi) is 2.62. The zero-order valence-corrected chi connectivity index (χ0v) is 8.47. The molecule has 1 aliphatic heterocycles. The first kappa shape index (κ1) is 9.12. The maximum atomic E-state index is 12.9. The van der Waals surface area contributed by atoms with Crippen molar-refractivity contribution < 1.29 is 9.23 Å². The Balaban J connectivity index is 2.32. The van der Waals surface area contributed by atoms with Gasteiger partial charge in [0.15, 0.2) is 0 Å². The smallest absolute Gasteiger partial charge is 0.123 e. The molecule has 0 amide bonds. The lowest BCUT2D eigenvalue weighted by Crippen LogP contribution is -2.12. The summed E-state index contributed by atoms with van der Waals surface area (Å²) in [6.07, 6.45) is 0.877. The van der Waals surface area contributed by atoms with Crippen molar-refractivity contribution in [3.8, 4) is 0 Å². The van der Waals surface area contributed by atoms with Crippen LogP contribution in [0.2, 0.25) is 0 Å². The molecule has 1 N–H and O–H groups in total. The minimum absolute atomic E-state index is 0.102. The summed E-state index contributed by atoms with van der Waals surface area (Å²) in [5.74, 6) is -0.216. The Morgan fingerprint density at radius 2 is 2.38 bits per heavy atom. The van der Waals surface area contributed by atoms with Gasteiger partial charge in [-0.05, 0) is 30.2 Å². The summed E-state index contributed by atoms with van der Waals surface area (Å²) in [4.78, 5) is 5.01. The van der Waals surface area contributed by atoms with Crippen LogP contribution in [-0.4, -0.2) is 6.61 Å². The molecule has 13 heavy (non-hydrogen) atoms. The van der Waals surface area contributed by atoms with E-state index in [0.29, 0.717) is 6.61 Å². The molecule has 0 spiro atoms. The second-order valence-corrected chi connectivity index (χ2v) is 3.83. The van der Waals surface area contributed by atoms with Crippen LogP contribution in [0.25, 0.3) is 0 Å². The molecule has 1 fully saturated rings. The molecule has 0 radical (unpaired) electrons. The summed E-state index contributed by atoms with van der Waals surface area (Å²) in [7, 11) is 0. The largest absolute Gasteiger partial charge is 0.301 e. The fourth-order valence-electron chi connectivity index (χ4n) is 1.40. The van der Waals surface area contributed by atoms with Gasteiger partial charge in [0.05, 0.1) is 12.6 Å². The Morgan fingerprint density at radius 1 is 1.54 bits per heavy atom. The fraction of sp³-hybridized carbons (Fsp3) is 0.333. The second kappa shape index (κ2) is 3.74. The molecule has 4 heteroatoms. The molecule has 0 saturated carbocycles. The van der Waals surface area contributed by atoms with Crippen LogP contribution in [0.15, 0.2) is 22.7 Å². The Morgan fingerprint density at radius 3 is 3.08 bits per heavy atom. The highest BCUT2D eigenvalue weighted by molar-refractivity contribution is 9.10. The lowest BCUT2D eigenvalue weighted by Gasteiger charge is -2.10. The maximum absolute atomic E-state index is 12.9. The molecular weight excluding hydrogens is 237 g/mol. The van der Waals surface area contributed by atoms with Crippen molar-refractivity contribution in [3.05, 3.63) is 34.1 Å². The van der Waals surface area contributed by atoms with Crippen LogP contribution in [0.4, 0.5) is 4.39 Å². The first-order valence-corrected chi connectivity index (χ1v) is 4.89. The SMILES string of the molecule is Fc1ccc(Br)c(C2CCON2)c1. The number of nitrogens with one attached hydrogen (secondary N) is 1. The van der Waals surface area contributed by atoms with Crippen LogP contribution in [0.3, 0.4) is 0 Å². The standard InChI is InChI=1S/C9H9BrFNO/c10-8-2-1-6(11)5-7(8)9-3-4-13-12-9/h1-2,5,9,12H,3-4H2. The van der Waals surface area contributed by atoms with Gasteiger partial charge in [-0.2, -0.15) is 5.48 Å². The minimum Gasteiger partial charge on any atom is -0.301 e. The molecule has 1 aromatic carbocycles. The van der Waals surface area contributed by atoms with Crippen molar-refractivity contribution in [2.75, 3.05) is 6.61 Å². The molecule has 1 aromatic rings. The van der Waals surface area contributed by atoms with Crippen LogP contribution in [0.5, 0.6) is 0 Å². The second-order valence-electron chi connectivity index (χ2n) is 2.97. The molecule has 0 aromatic heterocycles. The van der Waals surface area contributed by atoms with Crippen molar-refractivity contribution in [3.63, 3.8) is 0 Å². The molecule has 70 valence electrons. The quantitative estimate of drug-likeness (QED) is 0.822. The summed E-state index contributed by atoms with van der Waals surface area (Å²) in [5.41, 5.74) is 3.76. The summed E-state index contributed by atoms with van der Waals surface area (Å²) >= 11 is 3.38. The number of rotatable bonds is 1. The van der Waals surface area contributed by atoms with Gasteiger partial charge >= 0.3 is 0 Å². The Bertz CT molecular complexity index is 312. The third-order valence-electron chi connectivity index (χ3n) is 2.07. The van der Waals surface area contributed by atoms with Crippen LogP contribution in [-0.2, 0) is 4.84 Å². The van der Waals surface area contributed by atoms with E-state index < -0.39 is 0 Å². The van der Waals surface area contributed by atoms with E-state index in [1.807, 2.05) is 0 Å². The van der Waals surface area contributed by atoms with Crippen LogP contribution < -0.4 is 5.48 Å². The van der Waals surface area contributed by atoms with Crippen LogP contribution in [0, 0.1) is 5.82 Å². The highest BCUT2D eigenvalue weighted by Crippen LogP contribution is 2.28. The first-order chi connectivity index (χ1) is 6.27. The highest BCUT2D eigenvalue weighted by Gasteiger charge is 2.19. The summed E-state index contributed by atoms with van der Waals surface area (Å²) in [6, 6.07) is 4.77. The molecule has 0 aliphatic carbocycles. The topological polar surface area (TPSA) is 21.3 Å². The number of hydrogen-bond donors (Lipinski definition) is 1. The van der Waals surface area contributed by atoms with E-state index in [2.05, 4.69) is 21.4 Å². The number of hydrogen-bond acceptors (Lipinski definition) is 2. The van der Waals surface area contributed by atoms with Crippen molar-refractivity contribution in [1.29, 1.82) is 0 Å². The van der Waals surface area contributed by atoms with E-state index in [1.54, 1.807) is 6.07 Å². The van der Waals surface area contributed by atoms with Gasteiger partial charge in [-0.25, -0.2) is 4.39 Å². The Hall–Kier alpha value is -0.450. The van der Waals surface area contributed by atoms with Gasteiger partial charge in [0.25, 0.3) is 0 Å². The van der Waals surface area contributed by atoms with Gasteiger partial charge < -0.3 is 4.84 Å². The van der Waals surface area contributed by atoms with Crippen molar-refractivity contribution in [2.45, 2.75) is 12.5 Å². The van der Waals surface area contributed by atoms with E-state index in [9.17, 15) is 4.39 Å². The predicted octanol–water partition coefficient (Wildman–Crippen LogP) is 2.55. The average Bonchev–Trinajstić information content (AvgIpc) is 2.61. The normalized spacial score (nSPS) is 22.2. The summed E-state index contributed by atoms with van der Waals surface area (Å²) in [6.45, 7) is 0.674. The molecule has 1 saturated heterocycles. The number of benzene rings is 1. The van der Waals surface area contributed by atoms with Crippen molar-refractivity contribution in [2.24, 2.45) is 0 Å². The first-order valence-electron chi connectivity index (χ1n) is 4.09. The molecule has 2 rings (SSSR count). The van der Waals surface area contributed by atoms with Gasteiger partial charge in [0, 0.05) is 4.47 Å². The highest BCUT2D eigenvalue weighted by atomic mass is 79.9. The van der Waals surface area contributed by atoms with Gasteiger partial charge in [0.1, 0.15) is 5.82 Å². The van der Waals surface area contributed by atoms with Crippen molar-refractivity contribution >= 4 is 15.9 Å². The lowest BCUT2D eigenvalue weighted by atomic mass is 10.1. The van der Waals surface area contributed by atoms with E-state index in [0.717, 1.165) is 16.5 Å². The zero-order valence-electron chi connectivity index (χ0n) is 6.89. The lowest BCUT2D eigenvalue weighted by molar-refractivity contribution is 0.0881. The summed E-state index contributed by atoms with van der Waals surface area (Å²) in [5, 5.41) is 0. The molecule has 1 heterocycles. The molecule has 1 atom stereocenters. The third kappa shape index (κ3) is 1.90. The molecule has 1 aliphatic rings. The van der Waals surface area contributed by atoms with Crippen LogP contribution >= 0.6 is 15.9 Å². The van der Waals surface area contributed by atoms with Crippen LogP contribution in [0.1, 0.15) is 18.0 Å². The molecule has 2 nitrogen and oxygen atoms in total. The molecular formula is C9H9BrFNO. The van der Waals surface area contributed by atoms with E-state index >= 15 is 0 Å². The van der Waals surface area contributed by atoms with Gasteiger partial charge in [-0.1, -0.05) is 15.9 Å². The minimum atomic E-state index is -0.216. The number of halogens is 2. The maximum Gasteiger partial charge on any atom is 0.123 e. The number of hydroxylamine groups is 1. The van der Waals surface area contributed by atoms with Crippen molar-refractivity contribution in [1.82, 2.24) is 5.48 Å². The van der Waals surface area contributed by atoms with E-state index in [-0.39, 0.29) is 11.9 Å². The zero-order chi connectivity index (χ0) is 9.26. The van der Waals surface area contributed by atoms with Gasteiger partial charge in [-0.15, -0.1) is 0 Å². The van der Waals surface area contributed by atoms with E-state index in [1.165, 1.54) is 12.1 Å².